The van der Waals surface area contributed by atoms with Crippen molar-refractivity contribution in [2.45, 2.75) is 26.3 Å². The van der Waals surface area contributed by atoms with Crippen LogP contribution in [-0.4, -0.2) is 43.7 Å². The van der Waals surface area contributed by atoms with E-state index < -0.39 is 0 Å². The number of likely N-dealkylation sites (N-methyl/N-ethyl adjacent to an activating group) is 1. The number of likely N-dealkylation sites (tertiary alicyclic amines) is 1. The molecule has 5 heteroatoms. The number of amides is 1. The van der Waals surface area contributed by atoms with Gasteiger partial charge in [-0.3, -0.25) is 4.79 Å². The van der Waals surface area contributed by atoms with E-state index in [-0.39, 0.29) is 11.9 Å². The number of nitrogens with zero attached hydrogens (tertiary/aromatic N) is 1. The van der Waals surface area contributed by atoms with Gasteiger partial charge in [-0.15, -0.1) is 0 Å². The molecule has 1 saturated heterocycles. The van der Waals surface area contributed by atoms with Crippen molar-refractivity contribution in [3.63, 3.8) is 0 Å². The molecule has 1 atom stereocenters. The van der Waals surface area contributed by atoms with E-state index in [0.717, 1.165) is 24.4 Å². The van der Waals surface area contributed by atoms with Crippen LogP contribution >= 0.6 is 0 Å². The average Bonchev–Trinajstić information content (AvgIpc) is 2.74. The van der Waals surface area contributed by atoms with E-state index in [0.29, 0.717) is 19.0 Å². The van der Waals surface area contributed by atoms with Crippen molar-refractivity contribution in [2.75, 3.05) is 32.1 Å². The molecule has 1 aromatic carbocycles. The van der Waals surface area contributed by atoms with Crippen molar-refractivity contribution in [2.24, 2.45) is 0 Å². The Morgan fingerprint density at radius 3 is 2.55 bits per heavy atom. The summed E-state index contributed by atoms with van der Waals surface area (Å²) >= 11 is 0. The van der Waals surface area contributed by atoms with Gasteiger partial charge < -0.3 is 19.7 Å². The first-order valence-electron chi connectivity index (χ1n) is 7.06. The van der Waals surface area contributed by atoms with Gasteiger partial charge in [0.15, 0.2) is 11.5 Å². The van der Waals surface area contributed by atoms with Gasteiger partial charge in [-0.1, -0.05) is 0 Å². The zero-order valence-electron chi connectivity index (χ0n) is 12.3. The van der Waals surface area contributed by atoms with Gasteiger partial charge in [0.05, 0.1) is 13.2 Å². The van der Waals surface area contributed by atoms with Crippen molar-refractivity contribution in [3.8, 4) is 11.5 Å². The van der Waals surface area contributed by atoms with Gasteiger partial charge in [0.2, 0.25) is 5.91 Å². The Kier molecular flexibility index (Phi) is 4.71. The number of carbonyl (C=O) groups excluding carboxylic acids is 1. The van der Waals surface area contributed by atoms with Crippen molar-refractivity contribution in [1.29, 1.82) is 0 Å². The van der Waals surface area contributed by atoms with Crippen LogP contribution < -0.4 is 14.8 Å². The van der Waals surface area contributed by atoms with E-state index in [4.69, 9.17) is 9.47 Å². The molecule has 20 heavy (non-hydrogen) atoms. The van der Waals surface area contributed by atoms with Gasteiger partial charge in [-0.25, -0.2) is 0 Å². The average molecular weight is 278 g/mol. The molecule has 0 radical (unpaired) electrons. The van der Waals surface area contributed by atoms with Crippen LogP contribution in [0.15, 0.2) is 18.2 Å². The number of hydrogen-bond donors (Lipinski definition) is 1. The van der Waals surface area contributed by atoms with E-state index in [2.05, 4.69) is 5.32 Å². The second-order valence-electron chi connectivity index (χ2n) is 4.77. The number of rotatable bonds is 6. The molecule has 1 unspecified atom stereocenters. The Balaban J connectivity index is 2.12. The lowest BCUT2D eigenvalue weighted by atomic mass is 10.2. The van der Waals surface area contributed by atoms with Crippen LogP contribution in [0.4, 0.5) is 5.69 Å². The highest BCUT2D eigenvalue weighted by atomic mass is 16.5. The molecule has 1 amide bonds. The zero-order valence-corrected chi connectivity index (χ0v) is 12.3. The third kappa shape index (κ3) is 3.15. The summed E-state index contributed by atoms with van der Waals surface area (Å²) in [6.45, 7) is 5.85. The first-order chi connectivity index (χ1) is 9.65. The summed E-state index contributed by atoms with van der Waals surface area (Å²) < 4.78 is 11.1. The number of ether oxygens (including phenoxy) is 2. The fraction of sp³-hybridized carbons (Fsp3) is 0.533. The molecule has 0 saturated carbocycles. The predicted octanol–water partition coefficient (Wildman–Crippen LogP) is 2.13. The molecule has 5 nitrogen and oxygen atoms in total. The number of carbonyl (C=O) groups is 1. The number of benzene rings is 1. The lowest BCUT2D eigenvalue weighted by molar-refractivity contribution is -0.127. The third-order valence-corrected chi connectivity index (χ3v) is 3.31. The summed E-state index contributed by atoms with van der Waals surface area (Å²) in [5, 5.41) is 3.26. The lowest BCUT2D eigenvalue weighted by Gasteiger charge is -2.16. The van der Waals surface area contributed by atoms with Crippen molar-refractivity contribution < 1.29 is 14.3 Å². The van der Waals surface area contributed by atoms with E-state index in [1.165, 1.54) is 0 Å². The molecule has 110 valence electrons. The van der Waals surface area contributed by atoms with Gasteiger partial charge in [-0.05, 0) is 32.4 Å². The molecule has 2 rings (SSSR count). The highest BCUT2D eigenvalue weighted by Gasteiger charge is 2.28. The normalized spacial score (nSPS) is 18.2. The van der Waals surface area contributed by atoms with Gasteiger partial charge in [0, 0.05) is 25.3 Å². The van der Waals surface area contributed by atoms with Gasteiger partial charge in [0.1, 0.15) is 6.04 Å². The summed E-state index contributed by atoms with van der Waals surface area (Å²) in [6.07, 6.45) is 0.826. The fourth-order valence-electron chi connectivity index (χ4n) is 2.30. The summed E-state index contributed by atoms with van der Waals surface area (Å²) in [4.78, 5) is 13.6. The quantitative estimate of drug-likeness (QED) is 0.866. The Bertz CT molecular complexity index is 476. The second kappa shape index (κ2) is 6.50. The zero-order chi connectivity index (χ0) is 14.5. The van der Waals surface area contributed by atoms with Crippen LogP contribution in [0.1, 0.15) is 20.3 Å². The summed E-state index contributed by atoms with van der Waals surface area (Å²) in [7, 11) is 1.83. The van der Waals surface area contributed by atoms with Crippen LogP contribution in [0.3, 0.4) is 0 Å². The minimum absolute atomic E-state index is 0.136. The van der Waals surface area contributed by atoms with Crippen molar-refractivity contribution >= 4 is 11.6 Å². The Hall–Kier alpha value is -1.91. The first kappa shape index (κ1) is 14.5. The standard InChI is InChI=1S/C15H22N2O3/c1-4-19-13-7-6-11(10-14(13)20-5-2)16-12-8-9-17(3)15(12)18/h6-7,10,12,16H,4-5,8-9H2,1-3H3. The Morgan fingerprint density at radius 2 is 1.95 bits per heavy atom. The van der Waals surface area contributed by atoms with Crippen LogP contribution in [-0.2, 0) is 4.79 Å². The van der Waals surface area contributed by atoms with Crippen LogP contribution in [0.5, 0.6) is 11.5 Å². The van der Waals surface area contributed by atoms with E-state index >= 15 is 0 Å². The molecule has 0 aromatic heterocycles. The molecule has 1 fully saturated rings. The van der Waals surface area contributed by atoms with E-state index in [1.807, 2.05) is 39.1 Å². The first-order valence-corrected chi connectivity index (χ1v) is 7.06. The van der Waals surface area contributed by atoms with Crippen LogP contribution in [0.2, 0.25) is 0 Å². The Morgan fingerprint density at radius 1 is 1.25 bits per heavy atom. The molecule has 1 aromatic rings. The molecule has 1 aliphatic heterocycles. The molecular weight excluding hydrogens is 256 g/mol. The van der Waals surface area contributed by atoms with E-state index in [9.17, 15) is 4.79 Å². The maximum absolute atomic E-state index is 11.9. The fourth-order valence-corrected chi connectivity index (χ4v) is 2.30. The number of anilines is 1. The SMILES string of the molecule is CCOc1ccc(NC2CCN(C)C2=O)cc1OCC. The number of hydrogen-bond acceptors (Lipinski definition) is 4. The highest BCUT2D eigenvalue weighted by Crippen LogP contribution is 2.31. The van der Waals surface area contributed by atoms with Gasteiger partial charge in [0.25, 0.3) is 0 Å². The molecule has 1 N–H and O–H groups in total. The van der Waals surface area contributed by atoms with Crippen molar-refractivity contribution in [3.05, 3.63) is 18.2 Å². The van der Waals surface area contributed by atoms with Crippen LogP contribution in [0, 0.1) is 0 Å². The van der Waals surface area contributed by atoms with Crippen LogP contribution in [0.25, 0.3) is 0 Å². The molecule has 0 aliphatic carbocycles. The topological polar surface area (TPSA) is 50.8 Å². The summed E-state index contributed by atoms with van der Waals surface area (Å²) in [5.41, 5.74) is 0.880. The van der Waals surface area contributed by atoms with Gasteiger partial charge in [-0.2, -0.15) is 0 Å². The minimum atomic E-state index is -0.146. The molecule has 0 spiro atoms. The second-order valence-corrected chi connectivity index (χ2v) is 4.77. The largest absolute Gasteiger partial charge is 0.490 e. The van der Waals surface area contributed by atoms with Crippen molar-refractivity contribution in [1.82, 2.24) is 4.90 Å². The number of nitrogens with one attached hydrogen (secondary N) is 1. The third-order valence-electron chi connectivity index (χ3n) is 3.31. The smallest absolute Gasteiger partial charge is 0.244 e. The molecular formula is C15H22N2O3. The molecule has 1 aliphatic rings. The van der Waals surface area contributed by atoms with E-state index in [1.54, 1.807) is 4.90 Å². The molecule has 0 bridgehead atoms. The lowest BCUT2D eigenvalue weighted by Crippen LogP contribution is -2.30. The monoisotopic (exact) mass is 278 g/mol. The maximum Gasteiger partial charge on any atom is 0.244 e. The highest BCUT2D eigenvalue weighted by molar-refractivity contribution is 5.86. The predicted molar refractivity (Wildman–Crippen MR) is 78.4 cm³/mol. The Labute approximate surface area is 119 Å². The maximum atomic E-state index is 11.9. The summed E-state index contributed by atoms with van der Waals surface area (Å²) in [6, 6.07) is 5.53. The van der Waals surface area contributed by atoms with Gasteiger partial charge >= 0.3 is 0 Å². The minimum Gasteiger partial charge on any atom is -0.490 e. The summed E-state index contributed by atoms with van der Waals surface area (Å²) in [5.74, 6) is 1.57. The molecule has 1 heterocycles.